The SMILES string of the molecule is CC1(C(=O)Nc2ccc(F)c(C(=O)O)c2)CCCC1. The maximum atomic E-state index is 13.2. The Labute approximate surface area is 110 Å². The molecule has 0 bridgehead atoms. The molecule has 1 saturated carbocycles. The number of aromatic carboxylic acids is 1. The lowest BCUT2D eigenvalue weighted by atomic mass is 9.88. The first-order valence-electron chi connectivity index (χ1n) is 6.27. The van der Waals surface area contributed by atoms with Crippen LogP contribution in [0.5, 0.6) is 0 Å². The van der Waals surface area contributed by atoms with Gasteiger partial charge < -0.3 is 10.4 Å². The van der Waals surface area contributed by atoms with Gasteiger partial charge in [-0.3, -0.25) is 4.79 Å². The standard InChI is InChI=1S/C14H16FNO3/c1-14(6-2-3-7-14)13(19)16-9-4-5-11(15)10(8-9)12(17)18/h4-5,8H,2-3,6-7H2,1H3,(H,16,19)(H,17,18). The largest absolute Gasteiger partial charge is 0.478 e. The molecule has 1 aromatic carbocycles. The number of carbonyl (C=O) groups excluding carboxylic acids is 1. The van der Waals surface area contributed by atoms with Gasteiger partial charge in [0.25, 0.3) is 0 Å². The van der Waals surface area contributed by atoms with Crippen molar-refractivity contribution in [2.45, 2.75) is 32.6 Å². The average Bonchev–Trinajstić information content (AvgIpc) is 2.79. The summed E-state index contributed by atoms with van der Waals surface area (Å²) in [5, 5.41) is 11.5. The summed E-state index contributed by atoms with van der Waals surface area (Å²) in [6.07, 6.45) is 3.69. The number of halogens is 1. The molecule has 102 valence electrons. The molecule has 0 atom stereocenters. The van der Waals surface area contributed by atoms with Gasteiger partial charge in [-0.2, -0.15) is 0 Å². The highest BCUT2D eigenvalue weighted by Gasteiger charge is 2.36. The monoisotopic (exact) mass is 265 g/mol. The molecule has 19 heavy (non-hydrogen) atoms. The molecule has 0 aliphatic heterocycles. The topological polar surface area (TPSA) is 66.4 Å². The van der Waals surface area contributed by atoms with E-state index in [9.17, 15) is 14.0 Å². The Morgan fingerprint density at radius 1 is 1.32 bits per heavy atom. The molecule has 1 aromatic rings. The predicted octanol–water partition coefficient (Wildman–Crippen LogP) is 3.04. The highest BCUT2D eigenvalue weighted by Crippen LogP contribution is 2.38. The summed E-state index contributed by atoms with van der Waals surface area (Å²) in [4.78, 5) is 23.0. The lowest BCUT2D eigenvalue weighted by Crippen LogP contribution is -2.30. The summed E-state index contributed by atoms with van der Waals surface area (Å²) < 4.78 is 13.2. The van der Waals surface area contributed by atoms with Gasteiger partial charge in [0.05, 0.1) is 5.56 Å². The Hall–Kier alpha value is -1.91. The summed E-state index contributed by atoms with van der Waals surface area (Å²) >= 11 is 0. The van der Waals surface area contributed by atoms with Crippen molar-refractivity contribution in [2.24, 2.45) is 5.41 Å². The van der Waals surface area contributed by atoms with Crippen LogP contribution in [0.3, 0.4) is 0 Å². The molecule has 1 aliphatic rings. The predicted molar refractivity (Wildman–Crippen MR) is 68.6 cm³/mol. The van der Waals surface area contributed by atoms with Gasteiger partial charge in [0.1, 0.15) is 5.82 Å². The summed E-state index contributed by atoms with van der Waals surface area (Å²) in [7, 11) is 0. The van der Waals surface area contributed by atoms with Crippen molar-refractivity contribution >= 4 is 17.6 Å². The molecule has 5 heteroatoms. The maximum Gasteiger partial charge on any atom is 0.338 e. The molecule has 1 amide bonds. The third-order valence-electron chi connectivity index (χ3n) is 3.71. The Morgan fingerprint density at radius 3 is 2.53 bits per heavy atom. The highest BCUT2D eigenvalue weighted by molar-refractivity contribution is 5.97. The van der Waals surface area contributed by atoms with Crippen molar-refractivity contribution in [3.8, 4) is 0 Å². The Kier molecular flexibility index (Phi) is 3.55. The van der Waals surface area contributed by atoms with Crippen molar-refractivity contribution in [3.05, 3.63) is 29.6 Å². The number of amides is 1. The van der Waals surface area contributed by atoms with Crippen LogP contribution in [0.4, 0.5) is 10.1 Å². The molecule has 0 saturated heterocycles. The van der Waals surface area contributed by atoms with Gasteiger partial charge in [-0.15, -0.1) is 0 Å². The third kappa shape index (κ3) is 2.75. The maximum absolute atomic E-state index is 13.2. The smallest absolute Gasteiger partial charge is 0.338 e. The first-order chi connectivity index (χ1) is 8.92. The Balaban J connectivity index is 2.17. The van der Waals surface area contributed by atoms with Gasteiger partial charge in [0.15, 0.2) is 0 Å². The van der Waals surface area contributed by atoms with Crippen molar-refractivity contribution in [2.75, 3.05) is 5.32 Å². The van der Waals surface area contributed by atoms with Crippen molar-refractivity contribution < 1.29 is 19.1 Å². The summed E-state index contributed by atoms with van der Waals surface area (Å²) in [6, 6.07) is 3.57. The lowest BCUT2D eigenvalue weighted by Gasteiger charge is -2.22. The number of carbonyl (C=O) groups is 2. The van der Waals surface area contributed by atoms with E-state index in [0.717, 1.165) is 37.8 Å². The second kappa shape index (κ2) is 4.99. The quantitative estimate of drug-likeness (QED) is 0.882. The fraction of sp³-hybridized carbons (Fsp3) is 0.429. The van der Waals surface area contributed by atoms with E-state index >= 15 is 0 Å². The minimum Gasteiger partial charge on any atom is -0.478 e. The van der Waals surface area contributed by atoms with E-state index < -0.39 is 22.8 Å². The van der Waals surface area contributed by atoms with Gasteiger partial charge in [0, 0.05) is 11.1 Å². The number of nitrogens with one attached hydrogen (secondary N) is 1. The van der Waals surface area contributed by atoms with Gasteiger partial charge in [-0.25, -0.2) is 9.18 Å². The molecule has 0 unspecified atom stereocenters. The van der Waals surface area contributed by atoms with Crippen LogP contribution in [-0.4, -0.2) is 17.0 Å². The number of rotatable bonds is 3. The lowest BCUT2D eigenvalue weighted by molar-refractivity contribution is -0.124. The third-order valence-corrected chi connectivity index (χ3v) is 3.71. The van der Waals surface area contributed by atoms with E-state index in [-0.39, 0.29) is 5.91 Å². The minimum absolute atomic E-state index is 0.132. The molecule has 1 fully saturated rings. The zero-order valence-corrected chi connectivity index (χ0v) is 10.7. The van der Waals surface area contributed by atoms with Gasteiger partial charge >= 0.3 is 5.97 Å². The first kappa shape index (κ1) is 13.5. The number of anilines is 1. The zero-order chi connectivity index (χ0) is 14.0. The number of hydrogen-bond donors (Lipinski definition) is 2. The van der Waals surface area contributed by atoms with Gasteiger partial charge in [-0.05, 0) is 31.0 Å². The summed E-state index contributed by atoms with van der Waals surface area (Å²) in [5.41, 5.74) is -0.524. The van der Waals surface area contributed by atoms with Crippen LogP contribution in [0.25, 0.3) is 0 Å². The highest BCUT2D eigenvalue weighted by atomic mass is 19.1. The minimum atomic E-state index is -1.35. The first-order valence-corrected chi connectivity index (χ1v) is 6.27. The van der Waals surface area contributed by atoms with Crippen LogP contribution in [0.2, 0.25) is 0 Å². The van der Waals surface area contributed by atoms with Crippen LogP contribution in [0.15, 0.2) is 18.2 Å². The van der Waals surface area contributed by atoms with Crippen LogP contribution in [0.1, 0.15) is 43.0 Å². The van der Waals surface area contributed by atoms with E-state index in [2.05, 4.69) is 5.32 Å². The Bertz CT molecular complexity index is 521. The van der Waals surface area contributed by atoms with E-state index in [1.807, 2.05) is 6.92 Å². The molecule has 0 radical (unpaired) electrons. The van der Waals surface area contributed by atoms with Gasteiger partial charge in [0.2, 0.25) is 5.91 Å². The van der Waals surface area contributed by atoms with Crippen LogP contribution in [-0.2, 0) is 4.79 Å². The number of carboxylic acids is 1. The fourth-order valence-corrected chi connectivity index (χ4v) is 2.43. The van der Waals surface area contributed by atoms with E-state index in [0.29, 0.717) is 5.69 Å². The second-order valence-corrected chi connectivity index (χ2v) is 5.22. The molecule has 0 aromatic heterocycles. The Morgan fingerprint density at radius 2 is 1.95 bits per heavy atom. The van der Waals surface area contributed by atoms with E-state index in [1.165, 1.54) is 6.07 Å². The van der Waals surface area contributed by atoms with Crippen LogP contribution in [0, 0.1) is 11.2 Å². The average molecular weight is 265 g/mol. The number of hydrogen-bond acceptors (Lipinski definition) is 2. The number of carboxylic acid groups (broad SMARTS) is 1. The molecule has 1 aliphatic carbocycles. The fourth-order valence-electron chi connectivity index (χ4n) is 2.43. The molecule has 0 heterocycles. The molecular weight excluding hydrogens is 249 g/mol. The number of benzene rings is 1. The molecular formula is C14H16FNO3. The van der Waals surface area contributed by atoms with Crippen LogP contribution < -0.4 is 5.32 Å². The molecule has 2 N–H and O–H groups in total. The second-order valence-electron chi connectivity index (χ2n) is 5.22. The normalized spacial score (nSPS) is 17.2. The van der Waals surface area contributed by atoms with E-state index in [4.69, 9.17) is 5.11 Å². The summed E-state index contributed by atoms with van der Waals surface area (Å²) in [6.45, 7) is 1.90. The van der Waals surface area contributed by atoms with Gasteiger partial charge in [-0.1, -0.05) is 19.8 Å². The molecule has 2 rings (SSSR count). The van der Waals surface area contributed by atoms with Crippen molar-refractivity contribution in [1.82, 2.24) is 0 Å². The van der Waals surface area contributed by atoms with Crippen molar-refractivity contribution in [3.63, 3.8) is 0 Å². The van der Waals surface area contributed by atoms with Crippen molar-refractivity contribution in [1.29, 1.82) is 0 Å². The molecule has 0 spiro atoms. The van der Waals surface area contributed by atoms with Crippen LogP contribution >= 0.6 is 0 Å². The zero-order valence-electron chi connectivity index (χ0n) is 10.7. The summed E-state index contributed by atoms with van der Waals surface area (Å²) in [5.74, 6) is -2.29. The van der Waals surface area contributed by atoms with E-state index in [1.54, 1.807) is 0 Å². The molecule has 4 nitrogen and oxygen atoms in total.